The van der Waals surface area contributed by atoms with Crippen molar-refractivity contribution in [3.8, 4) is 0 Å². The molecule has 0 rings (SSSR count). The summed E-state index contributed by atoms with van der Waals surface area (Å²) in [6.45, 7) is 4.12. The van der Waals surface area contributed by atoms with E-state index in [-0.39, 0.29) is 37.1 Å². The molecule has 0 amide bonds. The quantitative estimate of drug-likeness (QED) is 0.446. The Labute approximate surface area is 107 Å². The molecule has 0 aliphatic rings. The topological polar surface area (TPSA) is 20.2 Å². The molecule has 0 aliphatic carbocycles. The fraction of sp³-hybridized carbons (Fsp3) is 1.00. The average Bonchev–Trinajstić information content (AvgIpc) is 2.02. The molecule has 1 nitrogen and oxygen atoms in total. The Hall–Kier alpha value is 0.960. The maximum atomic E-state index is 8.99. The molecule has 2 heteroatoms. The van der Waals surface area contributed by atoms with Gasteiger partial charge in [0.05, 0.1) is 6.10 Å². The van der Waals surface area contributed by atoms with Gasteiger partial charge in [0, 0.05) is 0 Å². The maximum Gasteiger partial charge on any atom is 1.00 e. The minimum absolute atomic E-state index is 0. The number of hydrogen-bond donors (Lipinski definition) is 1. The van der Waals surface area contributed by atoms with Crippen LogP contribution < -0.4 is 29.6 Å². The van der Waals surface area contributed by atoms with Crippen molar-refractivity contribution < 1.29 is 36.1 Å². The molecule has 76 valence electrons. The smallest absolute Gasteiger partial charge is 1.00 e. The largest absolute Gasteiger partial charge is 1.00 e. The van der Waals surface area contributed by atoms with Crippen LogP contribution in [0.3, 0.4) is 0 Å². The third kappa shape index (κ3) is 15.7. The van der Waals surface area contributed by atoms with Crippen LogP contribution in [0.15, 0.2) is 0 Å². The number of rotatable bonds is 8. The number of hydrogen-bond acceptors (Lipinski definition) is 1. The van der Waals surface area contributed by atoms with Gasteiger partial charge in [-0.2, -0.15) is 0 Å². The summed E-state index contributed by atoms with van der Waals surface area (Å²) in [7, 11) is 0. The molecule has 0 aromatic heterocycles. The summed E-state index contributed by atoms with van der Waals surface area (Å²) in [6, 6.07) is 0. The van der Waals surface area contributed by atoms with Crippen LogP contribution in [0.4, 0.5) is 0 Å². The van der Waals surface area contributed by atoms with Gasteiger partial charge in [0.1, 0.15) is 0 Å². The molecule has 0 saturated heterocycles. The van der Waals surface area contributed by atoms with Gasteiger partial charge in [-0.05, 0) is 13.3 Å². The van der Waals surface area contributed by atoms with Crippen LogP contribution >= 0.6 is 0 Å². The van der Waals surface area contributed by atoms with Gasteiger partial charge in [0.15, 0.2) is 0 Å². The molecule has 1 unspecified atom stereocenters. The monoisotopic (exact) mass is 196 g/mol. The molecule has 0 spiro atoms. The van der Waals surface area contributed by atoms with E-state index in [0.29, 0.717) is 0 Å². The summed E-state index contributed by atoms with van der Waals surface area (Å²) in [6.07, 6.45) is 10.2. The van der Waals surface area contributed by atoms with Crippen LogP contribution in [0.1, 0.15) is 66.6 Å². The van der Waals surface area contributed by atoms with Gasteiger partial charge in [-0.25, -0.2) is 0 Å². The predicted molar refractivity (Wildman–Crippen MR) is 55.4 cm³/mol. The van der Waals surface area contributed by atoms with Crippen LogP contribution in [0, 0.1) is 0 Å². The molecule has 1 atom stereocenters. The van der Waals surface area contributed by atoms with Crippen LogP contribution in [0.5, 0.6) is 0 Å². The second-order valence-electron chi connectivity index (χ2n) is 3.76. The third-order valence-corrected chi connectivity index (χ3v) is 2.23. The number of aliphatic hydroxyl groups excluding tert-OH is 1. The van der Waals surface area contributed by atoms with E-state index in [2.05, 4.69) is 6.92 Å². The van der Waals surface area contributed by atoms with E-state index in [1.54, 1.807) is 0 Å². The van der Waals surface area contributed by atoms with Crippen molar-refractivity contribution in [1.29, 1.82) is 0 Å². The van der Waals surface area contributed by atoms with Gasteiger partial charge in [0.2, 0.25) is 0 Å². The van der Waals surface area contributed by atoms with E-state index in [0.717, 1.165) is 6.42 Å². The Kier molecular flexibility index (Phi) is 16.3. The van der Waals surface area contributed by atoms with Crippen LogP contribution in [0.2, 0.25) is 0 Å². The first-order chi connectivity index (χ1) is 5.77. The first-order valence-electron chi connectivity index (χ1n) is 5.45. The second-order valence-corrected chi connectivity index (χ2v) is 3.76. The van der Waals surface area contributed by atoms with Crippen molar-refractivity contribution in [2.75, 3.05) is 0 Å². The molecule has 13 heavy (non-hydrogen) atoms. The van der Waals surface area contributed by atoms with Gasteiger partial charge in [-0.1, -0.05) is 51.9 Å². The SMILES string of the molecule is CCCCCCCCCC(C)O.[H-].[Na+]. The second kappa shape index (κ2) is 13.0. The van der Waals surface area contributed by atoms with Crippen molar-refractivity contribution >= 4 is 0 Å². The summed E-state index contributed by atoms with van der Waals surface area (Å²) in [5.41, 5.74) is 0. The zero-order valence-electron chi connectivity index (χ0n) is 10.7. The molecule has 0 saturated carbocycles. The third-order valence-electron chi connectivity index (χ3n) is 2.23. The maximum absolute atomic E-state index is 8.99. The molecular weight excluding hydrogens is 171 g/mol. The minimum atomic E-state index is -0.0966. The summed E-state index contributed by atoms with van der Waals surface area (Å²) in [5, 5.41) is 8.99. The molecule has 0 aromatic rings. The summed E-state index contributed by atoms with van der Waals surface area (Å²) < 4.78 is 0. The fourth-order valence-corrected chi connectivity index (χ4v) is 1.40. The Balaban J connectivity index is -0.000000605. The van der Waals surface area contributed by atoms with Crippen LogP contribution in [-0.2, 0) is 0 Å². The van der Waals surface area contributed by atoms with Crippen LogP contribution in [-0.4, -0.2) is 11.2 Å². The van der Waals surface area contributed by atoms with Crippen molar-refractivity contribution in [3.63, 3.8) is 0 Å². The first kappa shape index (κ1) is 16.4. The molecule has 0 aromatic carbocycles. The Morgan fingerprint density at radius 1 is 1.00 bits per heavy atom. The van der Waals surface area contributed by atoms with Crippen molar-refractivity contribution in [2.45, 2.75) is 71.3 Å². The van der Waals surface area contributed by atoms with Gasteiger partial charge in [-0.3, -0.25) is 0 Å². The Morgan fingerprint density at radius 2 is 1.46 bits per heavy atom. The van der Waals surface area contributed by atoms with Crippen molar-refractivity contribution in [1.82, 2.24) is 0 Å². The van der Waals surface area contributed by atoms with E-state index < -0.39 is 0 Å². The molecule has 0 radical (unpaired) electrons. The summed E-state index contributed by atoms with van der Waals surface area (Å²) in [4.78, 5) is 0. The van der Waals surface area contributed by atoms with E-state index in [1.165, 1.54) is 44.9 Å². The predicted octanol–water partition coefficient (Wildman–Crippen LogP) is 0.624. The molecule has 0 heterocycles. The summed E-state index contributed by atoms with van der Waals surface area (Å²) >= 11 is 0. The zero-order chi connectivity index (χ0) is 9.23. The zero-order valence-corrected chi connectivity index (χ0v) is 11.7. The molecule has 0 fully saturated rings. The normalized spacial score (nSPS) is 12.2. The minimum Gasteiger partial charge on any atom is -1.00 e. The molecule has 0 aliphatic heterocycles. The van der Waals surface area contributed by atoms with Gasteiger partial charge in [0.25, 0.3) is 0 Å². The summed E-state index contributed by atoms with van der Waals surface area (Å²) in [5.74, 6) is 0. The first-order valence-corrected chi connectivity index (χ1v) is 5.45. The van der Waals surface area contributed by atoms with E-state index in [4.69, 9.17) is 5.11 Å². The van der Waals surface area contributed by atoms with Gasteiger partial charge < -0.3 is 6.53 Å². The molecular formula is C11H25NaO. The van der Waals surface area contributed by atoms with Crippen molar-refractivity contribution in [3.05, 3.63) is 0 Å². The van der Waals surface area contributed by atoms with E-state index in [1.807, 2.05) is 6.92 Å². The van der Waals surface area contributed by atoms with E-state index in [9.17, 15) is 0 Å². The Morgan fingerprint density at radius 3 is 1.92 bits per heavy atom. The van der Waals surface area contributed by atoms with Crippen molar-refractivity contribution in [2.24, 2.45) is 0 Å². The van der Waals surface area contributed by atoms with Gasteiger partial charge >= 0.3 is 29.6 Å². The number of aliphatic hydroxyl groups is 1. The average molecular weight is 196 g/mol. The van der Waals surface area contributed by atoms with Gasteiger partial charge in [-0.15, -0.1) is 0 Å². The fourth-order valence-electron chi connectivity index (χ4n) is 1.40. The van der Waals surface area contributed by atoms with Crippen LogP contribution in [0.25, 0.3) is 0 Å². The molecule has 1 N–H and O–H groups in total. The molecule has 0 bridgehead atoms. The number of unbranched alkanes of at least 4 members (excludes halogenated alkanes) is 6. The standard InChI is InChI=1S/C11H24O.Na.H/c1-3-4-5-6-7-8-9-10-11(2)12;;/h11-12H,3-10H2,1-2H3;;/q;+1;-1. The van der Waals surface area contributed by atoms with E-state index >= 15 is 0 Å². The Bertz CT molecular complexity index is 89.4.